The van der Waals surface area contributed by atoms with Crippen molar-refractivity contribution >= 4 is 21.7 Å². The highest BCUT2D eigenvalue weighted by Crippen LogP contribution is 2.34. The molecule has 86 valence electrons. The van der Waals surface area contributed by atoms with Gasteiger partial charge in [-0.05, 0) is 29.8 Å². The van der Waals surface area contributed by atoms with Crippen molar-refractivity contribution in [3.05, 3.63) is 51.9 Å². The molecule has 2 heterocycles. The number of hydrogen-bond acceptors (Lipinski definition) is 3. The second-order valence-corrected chi connectivity index (χ2v) is 4.76. The van der Waals surface area contributed by atoms with Crippen LogP contribution in [0.4, 0.5) is 0 Å². The second kappa shape index (κ2) is 4.04. The summed E-state index contributed by atoms with van der Waals surface area (Å²) >= 11 is 3.41. The van der Waals surface area contributed by atoms with E-state index in [1.807, 2.05) is 6.07 Å². The highest BCUT2D eigenvalue weighted by Gasteiger charge is 2.23. The number of fused-ring (bicyclic) bond motifs is 1. The molecule has 17 heavy (non-hydrogen) atoms. The summed E-state index contributed by atoms with van der Waals surface area (Å²) in [6, 6.07) is 7.12. The summed E-state index contributed by atoms with van der Waals surface area (Å²) in [7, 11) is 0. The van der Waals surface area contributed by atoms with Crippen molar-refractivity contribution in [3.63, 3.8) is 0 Å². The van der Waals surface area contributed by atoms with Crippen LogP contribution in [-0.4, -0.2) is 12.4 Å². The first kappa shape index (κ1) is 10.6. The van der Waals surface area contributed by atoms with Crippen molar-refractivity contribution in [2.24, 2.45) is 0 Å². The van der Waals surface area contributed by atoms with Crippen LogP contribution in [0.5, 0.6) is 5.75 Å². The third-order valence-corrected chi connectivity index (χ3v) is 3.20. The Morgan fingerprint density at radius 2 is 2.24 bits per heavy atom. The van der Waals surface area contributed by atoms with Crippen molar-refractivity contribution in [2.75, 3.05) is 6.61 Å². The number of carbonyl (C=O) groups excluding carboxylic acids is 1. The first-order chi connectivity index (χ1) is 8.25. The average Bonchev–Trinajstić information content (AvgIpc) is 2.97. The third kappa shape index (κ3) is 1.78. The number of carbonyl (C=O) groups is 1. The minimum atomic E-state index is -0.144. The van der Waals surface area contributed by atoms with Gasteiger partial charge in [0.1, 0.15) is 5.75 Å². The molecule has 4 heteroatoms. The van der Waals surface area contributed by atoms with Gasteiger partial charge in [-0.1, -0.05) is 15.9 Å². The summed E-state index contributed by atoms with van der Waals surface area (Å²) in [5.74, 6) is 0.879. The van der Waals surface area contributed by atoms with E-state index in [-0.39, 0.29) is 5.78 Å². The molecule has 0 saturated heterocycles. The Bertz CT molecular complexity index is 573. The van der Waals surface area contributed by atoms with E-state index in [1.165, 1.54) is 6.26 Å². The predicted octanol–water partition coefficient (Wildman–Crippen LogP) is 3.21. The lowest BCUT2D eigenvalue weighted by Crippen LogP contribution is -2.02. The Balaban J connectivity index is 2.12. The van der Waals surface area contributed by atoms with Crippen LogP contribution in [-0.2, 0) is 6.42 Å². The van der Waals surface area contributed by atoms with Gasteiger partial charge in [-0.25, -0.2) is 0 Å². The number of ketones is 1. The van der Waals surface area contributed by atoms with Crippen LogP contribution < -0.4 is 4.74 Å². The number of benzene rings is 1. The fourth-order valence-electron chi connectivity index (χ4n) is 1.98. The van der Waals surface area contributed by atoms with Crippen molar-refractivity contribution < 1.29 is 13.9 Å². The zero-order chi connectivity index (χ0) is 11.8. The van der Waals surface area contributed by atoms with Gasteiger partial charge in [0, 0.05) is 10.9 Å². The molecule has 1 aromatic heterocycles. The summed E-state index contributed by atoms with van der Waals surface area (Å²) in [6.07, 6.45) is 2.33. The van der Waals surface area contributed by atoms with Crippen molar-refractivity contribution in [1.82, 2.24) is 0 Å². The molecule has 0 radical (unpaired) electrons. The van der Waals surface area contributed by atoms with Gasteiger partial charge < -0.3 is 9.15 Å². The fourth-order valence-corrected chi connectivity index (χ4v) is 2.48. The lowest BCUT2D eigenvalue weighted by atomic mass is 10.0. The maximum Gasteiger partial charge on any atom is 0.231 e. The summed E-state index contributed by atoms with van der Waals surface area (Å²) < 4.78 is 11.5. The van der Waals surface area contributed by atoms with Crippen LogP contribution in [0.1, 0.15) is 21.7 Å². The van der Waals surface area contributed by atoms with Crippen LogP contribution in [0.3, 0.4) is 0 Å². The Hall–Kier alpha value is -1.55. The van der Waals surface area contributed by atoms with Gasteiger partial charge in [0.15, 0.2) is 5.76 Å². The number of hydrogen-bond donors (Lipinski definition) is 0. The summed E-state index contributed by atoms with van der Waals surface area (Å²) in [5.41, 5.74) is 1.62. The Morgan fingerprint density at radius 3 is 3.00 bits per heavy atom. The van der Waals surface area contributed by atoms with Crippen molar-refractivity contribution in [2.45, 2.75) is 6.42 Å². The monoisotopic (exact) mass is 292 g/mol. The summed E-state index contributed by atoms with van der Waals surface area (Å²) in [4.78, 5) is 12.2. The molecule has 0 N–H and O–H groups in total. The van der Waals surface area contributed by atoms with E-state index < -0.39 is 0 Å². The molecule has 0 unspecified atom stereocenters. The van der Waals surface area contributed by atoms with E-state index in [2.05, 4.69) is 15.9 Å². The zero-order valence-corrected chi connectivity index (χ0v) is 10.5. The quantitative estimate of drug-likeness (QED) is 0.798. The molecule has 0 saturated carbocycles. The second-order valence-electron chi connectivity index (χ2n) is 3.85. The van der Waals surface area contributed by atoms with E-state index in [4.69, 9.17) is 9.15 Å². The molecule has 2 aromatic rings. The third-order valence-electron chi connectivity index (χ3n) is 2.74. The molecule has 1 aromatic carbocycles. The molecule has 1 aliphatic rings. The highest BCUT2D eigenvalue weighted by atomic mass is 79.9. The first-order valence-corrected chi connectivity index (χ1v) is 6.08. The summed E-state index contributed by atoms with van der Waals surface area (Å²) in [6.45, 7) is 0.629. The van der Waals surface area contributed by atoms with Crippen molar-refractivity contribution in [3.8, 4) is 5.75 Å². The standard InChI is InChI=1S/C13H9BrO3/c14-9-6-8-3-5-17-13(8)10(7-9)12(15)11-2-1-4-16-11/h1-2,4,6-7H,3,5H2. The Morgan fingerprint density at radius 1 is 1.35 bits per heavy atom. The van der Waals surface area contributed by atoms with E-state index in [9.17, 15) is 4.79 Å². The topological polar surface area (TPSA) is 39.4 Å². The number of ether oxygens (including phenoxy) is 1. The van der Waals surface area contributed by atoms with Gasteiger partial charge in [-0.3, -0.25) is 4.79 Å². The molecule has 0 fully saturated rings. The minimum Gasteiger partial charge on any atom is -0.492 e. The number of rotatable bonds is 2. The van der Waals surface area contributed by atoms with Gasteiger partial charge in [0.25, 0.3) is 0 Å². The normalized spacial score (nSPS) is 13.2. The van der Waals surface area contributed by atoms with Crippen molar-refractivity contribution in [1.29, 1.82) is 0 Å². The van der Waals surface area contributed by atoms with E-state index >= 15 is 0 Å². The van der Waals surface area contributed by atoms with Gasteiger partial charge >= 0.3 is 0 Å². The van der Waals surface area contributed by atoms with E-state index in [0.717, 1.165) is 16.5 Å². The smallest absolute Gasteiger partial charge is 0.231 e. The van der Waals surface area contributed by atoms with Gasteiger partial charge in [0.2, 0.25) is 5.78 Å². The van der Waals surface area contributed by atoms with E-state index in [1.54, 1.807) is 18.2 Å². The molecule has 3 nitrogen and oxygen atoms in total. The Kier molecular flexibility index (Phi) is 2.52. The Labute approximate surface area is 107 Å². The van der Waals surface area contributed by atoms with Crippen LogP contribution in [0.15, 0.2) is 39.4 Å². The number of halogens is 1. The zero-order valence-electron chi connectivity index (χ0n) is 8.90. The largest absolute Gasteiger partial charge is 0.492 e. The molecule has 0 aliphatic carbocycles. The lowest BCUT2D eigenvalue weighted by molar-refractivity contribution is 0.101. The molecular formula is C13H9BrO3. The predicted molar refractivity (Wildman–Crippen MR) is 65.5 cm³/mol. The van der Waals surface area contributed by atoms with Crippen LogP contribution in [0.25, 0.3) is 0 Å². The van der Waals surface area contributed by atoms with Gasteiger partial charge in [0.05, 0.1) is 18.4 Å². The first-order valence-electron chi connectivity index (χ1n) is 5.29. The molecule has 0 spiro atoms. The summed E-state index contributed by atoms with van der Waals surface area (Å²) in [5, 5.41) is 0. The SMILES string of the molecule is O=C(c1ccco1)c1cc(Br)cc2c1OCC2. The maximum absolute atomic E-state index is 12.2. The lowest BCUT2D eigenvalue weighted by Gasteiger charge is -2.06. The molecule has 1 aliphatic heterocycles. The van der Waals surface area contributed by atoms with Gasteiger partial charge in [-0.2, -0.15) is 0 Å². The highest BCUT2D eigenvalue weighted by molar-refractivity contribution is 9.10. The van der Waals surface area contributed by atoms with Gasteiger partial charge in [-0.15, -0.1) is 0 Å². The average molecular weight is 293 g/mol. The molecule has 0 bridgehead atoms. The maximum atomic E-state index is 12.2. The van der Waals surface area contributed by atoms with Crippen LogP contribution >= 0.6 is 15.9 Å². The molecule has 0 amide bonds. The molecule has 3 rings (SSSR count). The minimum absolute atomic E-state index is 0.144. The number of furan rings is 1. The molecular weight excluding hydrogens is 284 g/mol. The fraction of sp³-hybridized carbons (Fsp3) is 0.154. The molecule has 0 atom stereocenters. The van der Waals surface area contributed by atoms with Crippen LogP contribution in [0.2, 0.25) is 0 Å². The van der Waals surface area contributed by atoms with Crippen LogP contribution in [0, 0.1) is 0 Å². The van der Waals surface area contributed by atoms with E-state index in [0.29, 0.717) is 23.7 Å².